The summed E-state index contributed by atoms with van der Waals surface area (Å²) in [6, 6.07) is 0. The van der Waals surface area contributed by atoms with Crippen LogP contribution in [0.1, 0.15) is 26.7 Å². The lowest BCUT2D eigenvalue weighted by molar-refractivity contribution is -0.167. The molecule has 138 valence electrons. The molecule has 0 aliphatic rings. The molecule has 0 aromatic heterocycles. The first-order valence-electron chi connectivity index (χ1n) is 7.10. The standard InChI is InChI=1S/C12H25O10P/c1-3-4-12(16)19-7-11(22-9(2)14)8-21-23(17,18)20-6-10(15)5-13/h9-11,13-15H,3-8H2,1-2H3,(H,17,18)/t9?,10-,11+/m0/s1. The minimum absolute atomic E-state index is 0.211. The predicted octanol–water partition coefficient (Wildman–Crippen LogP) is -0.460. The fraction of sp³-hybridized carbons (Fsp3) is 0.917. The predicted molar refractivity (Wildman–Crippen MR) is 77.2 cm³/mol. The average molecular weight is 360 g/mol. The lowest BCUT2D eigenvalue weighted by Crippen LogP contribution is -2.30. The molecule has 0 saturated carbocycles. The highest BCUT2D eigenvalue weighted by molar-refractivity contribution is 7.47. The number of hydrogen-bond donors (Lipinski definition) is 4. The van der Waals surface area contributed by atoms with Crippen LogP contribution in [0.3, 0.4) is 0 Å². The first-order valence-corrected chi connectivity index (χ1v) is 8.59. The van der Waals surface area contributed by atoms with Gasteiger partial charge in [0, 0.05) is 6.42 Å². The van der Waals surface area contributed by atoms with E-state index in [2.05, 4.69) is 9.05 Å². The Bertz CT molecular complexity index is 375. The van der Waals surface area contributed by atoms with E-state index in [-0.39, 0.29) is 13.0 Å². The van der Waals surface area contributed by atoms with Crippen LogP contribution >= 0.6 is 7.82 Å². The van der Waals surface area contributed by atoms with Gasteiger partial charge in [-0.3, -0.25) is 13.8 Å². The van der Waals surface area contributed by atoms with Gasteiger partial charge in [0.2, 0.25) is 0 Å². The van der Waals surface area contributed by atoms with E-state index >= 15 is 0 Å². The molecule has 0 heterocycles. The number of carbonyl (C=O) groups is 1. The minimum Gasteiger partial charge on any atom is -0.463 e. The van der Waals surface area contributed by atoms with Gasteiger partial charge >= 0.3 is 13.8 Å². The summed E-state index contributed by atoms with van der Waals surface area (Å²) in [5.41, 5.74) is 0. The zero-order valence-corrected chi connectivity index (χ0v) is 14.1. The summed E-state index contributed by atoms with van der Waals surface area (Å²) >= 11 is 0. The second kappa shape index (κ2) is 11.9. The average Bonchev–Trinajstić information content (AvgIpc) is 2.47. The fourth-order valence-electron chi connectivity index (χ4n) is 1.31. The molecule has 0 rings (SSSR count). The molecular formula is C12H25O10P. The highest BCUT2D eigenvalue weighted by atomic mass is 31.2. The number of esters is 1. The lowest BCUT2D eigenvalue weighted by atomic mass is 10.3. The molecule has 2 unspecified atom stereocenters. The lowest BCUT2D eigenvalue weighted by Gasteiger charge is -2.21. The molecule has 4 atom stereocenters. The second-order valence-corrected chi connectivity index (χ2v) is 6.14. The molecule has 0 aliphatic heterocycles. The van der Waals surface area contributed by atoms with Gasteiger partial charge in [-0.15, -0.1) is 0 Å². The third kappa shape index (κ3) is 12.5. The van der Waals surface area contributed by atoms with Gasteiger partial charge in [-0.25, -0.2) is 4.57 Å². The van der Waals surface area contributed by atoms with Gasteiger partial charge in [0.05, 0.1) is 19.8 Å². The molecule has 0 spiro atoms. The summed E-state index contributed by atoms with van der Waals surface area (Å²) in [5, 5.41) is 26.8. The van der Waals surface area contributed by atoms with E-state index in [1.54, 1.807) is 6.92 Å². The van der Waals surface area contributed by atoms with Crippen LogP contribution in [-0.4, -0.2) is 71.1 Å². The number of hydrogen-bond acceptors (Lipinski definition) is 9. The van der Waals surface area contributed by atoms with Crippen LogP contribution in [0.5, 0.6) is 0 Å². The Hall–Kier alpha value is -0.580. The Morgan fingerprint density at radius 2 is 1.78 bits per heavy atom. The summed E-state index contributed by atoms with van der Waals surface area (Å²) in [7, 11) is -4.49. The van der Waals surface area contributed by atoms with Crippen molar-refractivity contribution in [3.05, 3.63) is 0 Å². The summed E-state index contributed by atoms with van der Waals surface area (Å²) in [5.74, 6) is -0.471. The van der Waals surface area contributed by atoms with Crippen molar-refractivity contribution in [3.63, 3.8) is 0 Å². The number of carbonyl (C=O) groups excluding carboxylic acids is 1. The Morgan fingerprint density at radius 1 is 1.17 bits per heavy atom. The van der Waals surface area contributed by atoms with E-state index in [0.717, 1.165) is 0 Å². The van der Waals surface area contributed by atoms with E-state index in [1.165, 1.54) is 6.92 Å². The summed E-state index contributed by atoms with van der Waals surface area (Å²) < 4.78 is 30.5. The molecule has 0 radical (unpaired) electrons. The highest BCUT2D eigenvalue weighted by Gasteiger charge is 2.26. The van der Waals surface area contributed by atoms with Gasteiger partial charge in [0.1, 0.15) is 18.8 Å². The molecule has 0 aromatic carbocycles. The van der Waals surface area contributed by atoms with Gasteiger partial charge in [-0.1, -0.05) is 6.92 Å². The van der Waals surface area contributed by atoms with Gasteiger partial charge < -0.3 is 29.7 Å². The van der Waals surface area contributed by atoms with Crippen LogP contribution in [-0.2, 0) is 27.9 Å². The van der Waals surface area contributed by atoms with Gasteiger partial charge in [-0.05, 0) is 13.3 Å². The van der Waals surface area contributed by atoms with Crippen LogP contribution in [0.4, 0.5) is 0 Å². The molecule has 0 aromatic rings. The third-order valence-electron chi connectivity index (χ3n) is 2.34. The van der Waals surface area contributed by atoms with Gasteiger partial charge in [0.15, 0.2) is 6.29 Å². The van der Waals surface area contributed by atoms with E-state index in [9.17, 15) is 19.4 Å². The highest BCUT2D eigenvalue weighted by Crippen LogP contribution is 2.43. The van der Waals surface area contributed by atoms with Crippen molar-refractivity contribution < 1.29 is 48.1 Å². The van der Waals surface area contributed by atoms with Crippen molar-refractivity contribution in [1.82, 2.24) is 0 Å². The van der Waals surface area contributed by atoms with Crippen molar-refractivity contribution in [3.8, 4) is 0 Å². The third-order valence-corrected chi connectivity index (χ3v) is 3.29. The smallest absolute Gasteiger partial charge is 0.463 e. The van der Waals surface area contributed by atoms with Crippen molar-refractivity contribution in [2.75, 3.05) is 26.4 Å². The first-order chi connectivity index (χ1) is 10.7. The largest absolute Gasteiger partial charge is 0.472 e. The molecule has 4 N–H and O–H groups in total. The van der Waals surface area contributed by atoms with Crippen LogP contribution in [0.15, 0.2) is 0 Å². The van der Waals surface area contributed by atoms with Crippen LogP contribution in [0.25, 0.3) is 0 Å². The number of rotatable bonds is 13. The van der Waals surface area contributed by atoms with Crippen molar-refractivity contribution in [1.29, 1.82) is 0 Å². The Morgan fingerprint density at radius 3 is 2.30 bits per heavy atom. The van der Waals surface area contributed by atoms with Crippen molar-refractivity contribution in [2.24, 2.45) is 0 Å². The molecule has 0 saturated heterocycles. The summed E-state index contributed by atoms with van der Waals surface area (Å²) in [6.07, 6.45) is -2.70. The van der Waals surface area contributed by atoms with Crippen molar-refractivity contribution in [2.45, 2.75) is 45.2 Å². The zero-order valence-electron chi connectivity index (χ0n) is 13.2. The van der Waals surface area contributed by atoms with E-state index in [4.69, 9.17) is 19.7 Å². The second-order valence-electron chi connectivity index (χ2n) is 4.69. The maximum Gasteiger partial charge on any atom is 0.472 e. The summed E-state index contributed by atoms with van der Waals surface area (Å²) in [4.78, 5) is 20.7. The number of phosphoric ester groups is 1. The minimum atomic E-state index is -4.49. The number of aliphatic hydroxyl groups is 3. The SMILES string of the molecule is CCCC(=O)OC[C@H](COP(=O)(O)OC[C@@H](O)CO)OC(C)O. The Balaban J connectivity index is 4.36. The summed E-state index contributed by atoms with van der Waals surface area (Å²) in [6.45, 7) is 1.11. The maximum atomic E-state index is 11.6. The number of phosphoric acid groups is 1. The van der Waals surface area contributed by atoms with E-state index in [0.29, 0.717) is 6.42 Å². The Labute approximate surface area is 134 Å². The maximum absolute atomic E-state index is 11.6. The number of aliphatic hydroxyl groups excluding tert-OH is 3. The molecule has 0 fully saturated rings. The van der Waals surface area contributed by atoms with Crippen LogP contribution in [0, 0.1) is 0 Å². The van der Waals surface area contributed by atoms with Gasteiger partial charge in [0.25, 0.3) is 0 Å². The van der Waals surface area contributed by atoms with E-state index in [1.807, 2.05) is 0 Å². The molecule has 0 amide bonds. The van der Waals surface area contributed by atoms with Crippen molar-refractivity contribution >= 4 is 13.8 Å². The molecule has 0 aliphatic carbocycles. The monoisotopic (exact) mass is 360 g/mol. The van der Waals surface area contributed by atoms with Crippen LogP contribution < -0.4 is 0 Å². The molecule has 23 heavy (non-hydrogen) atoms. The van der Waals surface area contributed by atoms with E-state index < -0.39 is 52.1 Å². The molecule has 11 heteroatoms. The first kappa shape index (κ1) is 22.4. The molecule has 0 bridgehead atoms. The van der Waals surface area contributed by atoms with Crippen LogP contribution in [0.2, 0.25) is 0 Å². The molecule has 10 nitrogen and oxygen atoms in total. The van der Waals surface area contributed by atoms with Gasteiger partial charge in [-0.2, -0.15) is 0 Å². The zero-order chi connectivity index (χ0) is 17.9. The molecular weight excluding hydrogens is 335 g/mol. The fourth-order valence-corrected chi connectivity index (χ4v) is 2.10. The topological polar surface area (TPSA) is 152 Å². The quantitative estimate of drug-likeness (QED) is 0.193. The Kier molecular flexibility index (Phi) is 11.6. The normalized spacial score (nSPS) is 18.0. The number of ether oxygens (including phenoxy) is 2.